The summed E-state index contributed by atoms with van der Waals surface area (Å²) in [7, 11) is 0. The highest BCUT2D eigenvalue weighted by molar-refractivity contribution is 5.86. The second-order valence-corrected chi connectivity index (χ2v) is 3.02. The fraction of sp³-hybridized carbons (Fsp3) is 0.111. The normalized spacial score (nSPS) is 12.7. The predicted molar refractivity (Wildman–Crippen MR) is 49.6 cm³/mol. The molecule has 0 aromatic carbocycles. The molecule has 0 radical (unpaired) electrons. The number of fused-ring (bicyclic) bond motifs is 1. The first-order valence-corrected chi connectivity index (χ1v) is 4.26. The van der Waals surface area contributed by atoms with Crippen LogP contribution in [0.2, 0.25) is 0 Å². The number of imidazole rings is 1. The highest BCUT2D eigenvalue weighted by Gasteiger charge is 2.36. The predicted octanol–water partition coefficient (Wildman–Crippen LogP) is 2.16. The summed E-state index contributed by atoms with van der Waals surface area (Å²) in [5, 5.41) is 11.0. The first-order valence-electron chi connectivity index (χ1n) is 4.26. The molecule has 2 heterocycles. The van der Waals surface area contributed by atoms with Crippen molar-refractivity contribution >= 4 is 11.7 Å². The second-order valence-electron chi connectivity index (χ2n) is 3.02. The summed E-state index contributed by atoms with van der Waals surface area (Å²) in [6.07, 6.45) is -2.43. The van der Waals surface area contributed by atoms with Gasteiger partial charge >= 0.3 is 6.18 Å². The third-order valence-corrected chi connectivity index (χ3v) is 2.01. The largest absolute Gasteiger partial charge is 0.450 e. The molecule has 0 aliphatic rings. The number of pyridine rings is 1. The number of hydrogen-bond acceptors (Lipinski definition) is 3. The number of rotatable bonds is 1. The maximum absolute atomic E-state index is 12.6. The molecule has 0 amide bonds. The average Bonchev–Trinajstić information content (AvgIpc) is 2.58. The summed E-state index contributed by atoms with van der Waals surface area (Å²) < 4.78 is 38.6. The number of alkyl halides is 3. The Morgan fingerprint density at radius 3 is 2.75 bits per heavy atom. The SMILES string of the molecule is ON=Cc1nc(C(F)(F)F)n2ccccc12. The molecule has 16 heavy (non-hydrogen) atoms. The van der Waals surface area contributed by atoms with E-state index in [0.29, 0.717) is 0 Å². The van der Waals surface area contributed by atoms with Crippen LogP contribution in [0.1, 0.15) is 11.5 Å². The first-order chi connectivity index (χ1) is 7.54. The molecule has 0 unspecified atom stereocenters. The average molecular weight is 229 g/mol. The zero-order valence-electron chi connectivity index (χ0n) is 7.81. The van der Waals surface area contributed by atoms with Crippen LogP contribution in [0.5, 0.6) is 0 Å². The van der Waals surface area contributed by atoms with Crippen LogP contribution < -0.4 is 0 Å². The van der Waals surface area contributed by atoms with Crippen molar-refractivity contribution < 1.29 is 18.4 Å². The van der Waals surface area contributed by atoms with Gasteiger partial charge < -0.3 is 5.21 Å². The fourth-order valence-electron chi connectivity index (χ4n) is 1.41. The summed E-state index contributed by atoms with van der Waals surface area (Å²) in [4.78, 5) is 3.38. The van der Waals surface area contributed by atoms with Gasteiger partial charge in [0.15, 0.2) is 0 Å². The third-order valence-electron chi connectivity index (χ3n) is 2.01. The van der Waals surface area contributed by atoms with Crippen molar-refractivity contribution in [3.05, 3.63) is 35.9 Å². The lowest BCUT2D eigenvalue weighted by molar-refractivity contribution is -0.145. The van der Waals surface area contributed by atoms with Gasteiger partial charge in [-0.05, 0) is 12.1 Å². The maximum atomic E-state index is 12.6. The smallest absolute Gasteiger partial charge is 0.411 e. The van der Waals surface area contributed by atoms with Gasteiger partial charge in [-0.25, -0.2) is 4.98 Å². The molecule has 0 bridgehead atoms. The monoisotopic (exact) mass is 229 g/mol. The maximum Gasteiger partial charge on any atom is 0.450 e. The standard InChI is InChI=1S/C9H6F3N3O/c10-9(11,12)8-14-6(5-13-16)7-3-1-2-4-15(7)8/h1-5,16H. The van der Waals surface area contributed by atoms with Crippen LogP contribution in [0.3, 0.4) is 0 Å². The Labute approximate surface area is 87.6 Å². The first kappa shape index (κ1) is 10.5. The van der Waals surface area contributed by atoms with E-state index in [1.165, 1.54) is 18.3 Å². The van der Waals surface area contributed by atoms with Gasteiger partial charge in [-0.1, -0.05) is 11.2 Å². The van der Waals surface area contributed by atoms with E-state index in [1.54, 1.807) is 6.07 Å². The fourth-order valence-corrected chi connectivity index (χ4v) is 1.41. The van der Waals surface area contributed by atoms with Crippen molar-refractivity contribution in [2.24, 2.45) is 5.16 Å². The highest BCUT2D eigenvalue weighted by Crippen LogP contribution is 2.29. The molecule has 4 nitrogen and oxygen atoms in total. The van der Waals surface area contributed by atoms with Crippen molar-refractivity contribution in [2.75, 3.05) is 0 Å². The second kappa shape index (κ2) is 3.51. The van der Waals surface area contributed by atoms with Crippen molar-refractivity contribution in [3.63, 3.8) is 0 Å². The minimum atomic E-state index is -4.55. The van der Waals surface area contributed by atoms with Crippen LogP contribution in [-0.4, -0.2) is 20.8 Å². The molecule has 84 valence electrons. The molecule has 0 aliphatic carbocycles. The molecular formula is C9H6F3N3O. The van der Waals surface area contributed by atoms with Gasteiger partial charge in [0.05, 0.1) is 11.7 Å². The molecule has 0 saturated heterocycles. The number of hydrogen-bond donors (Lipinski definition) is 1. The molecule has 1 N–H and O–H groups in total. The molecule has 2 rings (SSSR count). The highest BCUT2D eigenvalue weighted by atomic mass is 19.4. The Balaban J connectivity index is 2.77. The van der Waals surface area contributed by atoms with Gasteiger partial charge in [-0.15, -0.1) is 0 Å². The van der Waals surface area contributed by atoms with Crippen LogP contribution in [0.4, 0.5) is 13.2 Å². The van der Waals surface area contributed by atoms with Gasteiger partial charge in [0.25, 0.3) is 0 Å². The molecular weight excluding hydrogens is 223 g/mol. The Hall–Kier alpha value is -2.05. The summed E-state index contributed by atoms with van der Waals surface area (Å²) in [5.74, 6) is -1.04. The van der Waals surface area contributed by atoms with Crippen molar-refractivity contribution in [1.82, 2.24) is 9.38 Å². The Kier molecular flexibility index (Phi) is 2.30. The minimum absolute atomic E-state index is 0.0320. The lowest BCUT2D eigenvalue weighted by Gasteiger charge is -2.03. The Bertz CT molecular complexity index is 544. The van der Waals surface area contributed by atoms with Crippen molar-refractivity contribution in [3.8, 4) is 0 Å². The lowest BCUT2D eigenvalue weighted by atomic mass is 10.3. The van der Waals surface area contributed by atoms with Crippen LogP contribution >= 0.6 is 0 Å². The molecule has 7 heteroatoms. The molecule has 0 aliphatic heterocycles. The van der Waals surface area contributed by atoms with Gasteiger partial charge in [0.1, 0.15) is 5.69 Å². The Morgan fingerprint density at radius 2 is 2.12 bits per heavy atom. The van der Waals surface area contributed by atoms with E-state index in [9.17, 15) is 13.2 Å². The number of halogens is 3. The topological polar surface area (TPSA) is 49.9 Å². The summed E-state index contributed by atoms with van der Waals surface area (Å²) in [6.45, 7) is 0. The van der Waals surface area contributed by atoms with Crippen LogP contribution in [0.15, 0.2) is 29.6 Å². The minimum Gasteiger partial charge on any atom is -0.411 e. The molecule has 0 atom stereocenters. The van der Waals surface area contributed by atoms with E-state index in [1.807, 2.05) is 0 Å². The third kappa shape index (κ3) is 1.60. The van der Waals surface area contributed by atoms with E-state index < -0.39 is 12.0 Å². The van der Waals surface area contributed by atoms with E-state index >= 15 is 0 Å². The van der Waals surface area contributed by atoms with E-state index in [-0.39, 0.29) is 11.2 Å². The molecule has 0 spiro atoms. The van der Waals surface area contributed by atoms with Gasteiger partial charge in [0, 0.05) is 6.20 Å². The van der Waals surface area contributed by atoms with Crippen LogP contribution in [-0.2, 0) is 6.18 Å². The Morgan fingerprint density at radius 1 is 1.38 bits per heavy atom. The molecule has 2 aromatic heterocycles. The quantitative estimate of drug-likeness (QED) is 0.462. The van der Waals surface area contributed by atoms with Gasteiger partial charge in [0.2, 0.25) is 5.82 Å². The molecule has 0 saturated carbocycles. The summed E-state index contributed by atoms with van der Waals surface area (Å²) >= 11 is 0. The number of oxime groups is 1. The lowest BCUT2D eigenvalue weighted by Crippen LogP contribution is -2.10. The number of aromatic nitrogens is 2. The van der Waals surface area contributed by atoms with E-state index in [0.717, 1.165) is 10.6 Å². The van der Waals surface area contributed by atoms with E-state index in [2.05, 4.69) is 10.1 Å². The molecule has 0 fully saturated rings. The zero-order chi connectivity index (χ0) is 11.8. The van der Waals surface area contributed by atoms with Crippen molar-refractivity contribution in [1.29, 1.82) is 0 Å². The summed E-state index contributed by atoms with van der Waals surface area (Å²) in [5.41, 5.74) is 0.197. The summed E-state index contributed by atoms with van der Waals surface area (Å²) in [6, 6.07) is 4.49. The zero-order valence-corrected chi connectivity index (χ0v) is 7.81. The van der Waals surface area contributed by atoms with Gasteiger partial charge in [-0.3, -0.25) is 4.40 Å². The number of nitrogens with zero attached hydrogens (tertiary/aromatic N) is 3. The van der Waals surface area contributed by atoms with E-state index in [4.69, 9.17) is 5.21 Å². The van der Waals surface area contributed by atoms with Crippen LogP contribution in [0, 0.1) is 0 Å². The van der Waals surface area contributed by atoms with Crippen molar-refractivity contribution in [2.45, 2.75) is 6.18 Å². The molecule has 2 aromatic rings. The van der Waals surface area contributed by atoms with Crippen LogP contribution in [0.25, 0.3) is 5.52 Å². The van der Waals surface area contributed by atoms with Gasteiger partial charge in [-0.2, -0.15) is 13.2 Å².